The second-order valence-electron chi connectivity index (χ2n) is 4.99. The molecule has 0 amide bonds. The molecule has 0 aromatic rings. The lowest BCUT2D eigenvalue weighted by atomic mass is 9.90. The first-order valence-corrected chi connectivity index (χ1v) is 5.90. The third-order valence-electron chi connectivity index (χ3n) is 2.52. The van der Waals surface area contributed by atoms with Gasteiger partial charge in [-0.1, -0.05) is 6.92 Å². The van der Waals surface area contributed by atoms with E-state index >= 15 is 0 Å². The van der Waals surface area contributed by atoms with Crippen molar-refractivity contribution in [2.75, 3.05) is 19.6 Å². The normalized spacial score (nSPS) is 12.8. The summed E-state index contributed by atoms with van der Waals surface area (Å²) in [7, 11) is 0. The van der Waals surface area contributed by atoms with Gasteiger partial charge in [-0.2, -0.15) is 18.4 Å². The van der Waals surface area contributed by atoms with Gasteiger partial charge in [-0.3, -0.25) is 4.90 Å². The highest BCUT2D eigenvalue weighted by Crippen LogP contribution is 2.22. The number of rotatable bonds is 7. The first kappa shape index (κ1) is 16.2. The molecule has 17 heavy (non-hydrogen) atoms. The molecule has 0 radical (unpaired) electrons. The molecule has 0 unspecified atom stereocenters. The van der Waals surface area contributed by atoms with Crippen molar-refractivity contribution in [3.05, 3.63) is 0 Å². The fourth-order valence-corrected chi connectivity index (χ4v) is 1.64. The van der Waals surface area contributed by atoms with Crippen LogP contribution in [0.15, 0.2) is 0 Å². The van der Waals surface area contributed by atoms with Crippen molar-refractivity contribution in [3.8, 4) is 6.07 Å². The quantitative estimate of drug-likeness (QED) is 0.690. The van der Waals surface area contributed by atoms with Crippen LogP contribution in [0.1, 0.15) is 40.0 Å². The highest BCUT2D eigenvalue weighted by atomic mass is 19.4. The zero-order chi connectivity index (χ0) is 13.5. The Labute approximate surface area is 101 Å². The lowest BCUT2D eigenvalue weighted by Gasteiger charge is -2.24. The average molecular weight is 250 g/mol. The molecule has 100 valence electrons. The molecule has 0 saturated carbocycles. The molecule has 0 aromatic carbocycles. The van der Waals surface area contributed by atoms with Crippen LogP contribution < -0.4 is 0 Å². The maximum absolute atomic E-state index is 12.3. The second-order valence-corrected chi connectivity index (χ2v) is 4.99. The zero-order valence-corrected chi connectivity index (χ0v) is 10.8. The van der Waals surface area contributed by atoms with Crippen molar-refractivity contribution in [1.29, 1.82) is 5.26 Å². The highest BCUT2D eigenvalue weighted by Gasteiger charge is 2.30. The van der Waals surface area contributed by atoms with E-state index in [0.29, 0.717) is 32.4 Å². The molecule has 0 aliphatic heterocycles. The monoisotopic (exact) mass is 250 g/mol. The van der Waals surface area contributed by atoms with Gasteiger partial charge in [-0.05, 0) is 46.2 Å². The second kappa shape index (κ2) is 6.85. The Balaban J connectivity index is 4.07. The molecule has 0 heterocycles. The number of nitriles is 1. The van der Waals surface area contributed by atoms with Crippen LogP contribution in [0.2, 0.25) is 0 Å². The maximum atomic E-state index is 12.3. The van der Waals surface area contributed by atoms with Gasteiger partial charge in [0.1, 0.15) is 0 Å². The first-order chi connectivity index (χ1) is 7.70. The molecule has 0 N–H and O–H groups in total. The summed E-state index contributed by atoms with van der Waals surface area (Å²) < 4.78 is 36.8. The lowest BCUT2D eigenvalue weighted by Crippen LogP contribution is -2.35. The molecular formula is C12H21F3N2. The third kappa shape index (κ3) is 8.99. The van der Waals surface area contributed by atoms with E-state index in [1.165, 1.54) is 4.90 Å². The molecular weight excluding hydrogens is 229 g/mol. The Hall–Kier alpha value is -0.760. The Morgan fingerprint density at radius 2 is 1.76 bits per heavy atom. The minimum atomic E-state index is -4.14. The molecule has 0 aliphatic rings. The van der Waals surface area contributed by atoms with E-state index in [1.54, 1.807) is 13.8 Å². The van der Waals surface area contributed by atoms with Crippen molar-refractivity contribution in [1.82, 2.24) is 4.90 Å². The van der Waals surface area contributed by atoms with E-state index in [9.17, 15) is 13.2 Å². The third-order valence-corrected chi connectivity index (χ3v) is 2.52. The Kier molecular flexibility index (Phi) is 6.54. The number of alkyl halides is 3. The van der Waals surface area contributed by atoms with Gasteiger partial charge in [0.15, 0.2) is 0 Å². The summed E-state index contributed by atoms with van der Waals surface area (Å²) >= 11 is 0. The van der Waals surface area contributed by atoms with Crippen LogP contribution in [-0.2, 0) is 0 Å². The molecule has 0 spiro atoms. The van der Waals surface area contributed by atoms with Crippen LogP contribution >= 0.6 is 0 Å². The molecule has 0 saturated heterocycles. The van der Waals surface area contributed by atoms with Gasteiger partial charge in [0.25, 0.3) is 0 Å². The predicted molar refractivity (Wildman–Crippen MR) is 61.4 cm³/mol. The maximum Gasteiger partial charge on any atom is 0.401 e. The molecule has 0 atom stereocenters. The fraction of sp³-hybridized carbons (Fsp3) is 0.917. The van der Waals surface area contributed by atoms with Crippen LogP contribution in [0.5, 0.6) is 0 Å². The van der Waals surface area contributed by atoms with Gasteiger partial charge < -0.3 is 0 Å². The van der Waals surface area contributed by atoms with Crippen LogP contribution in [-0.4, -0.2) is 30.7 Å². The largest absolute Gasteiger partial charge is 0.401 e. The van der Waals surface area contributed by atoms with Crippen molar-refractivity contribution in [2.45, 2.75) is 46.2 Å². The Morgan fingerprint density at radius 3 is 2.18 bits per heavy atom. The predicted octanol–water partition coefficient (Wildman–Crippen LogP) is 3.59. The van der Waals surface area contributed by atoms with Crippen molar-refractivity contribution < 1.29 is 13.2 Å². The SMILES string of the molecule is CCCN(CCCC(C)(C)C#N)CC(F)(F)F. The molecule has 0 rings (SSSR count). The zero-order valence-electron chi connectivity index (χ0n) is 10.8. The molecule has 5 heteroatoms. The Morgan fingerprint density at radius 1 is 1.18 bits per heavy atom. The summed E-state index contributed by atoms with van der Waals surface area (Å²) in [5, 5.41) is 8.81. The van der Waals surface area contributed by atoms with E-state index in [2.05, 4.69) is 6.07 Å². The number of halogens is 3. The standard InChI is InChI=1S/C12H21F3N2/c1-4-7-17(10-12(13,14)15)8-5-6-11(2,3)9-16/h4-8,10H2,1-3H3. The minimum Gasteiger partial charge on any atom is -0.295 e. The Bertz CT molecular complexity index is 253. The topological polar surface area (TPSA) is 27.0 Å². The van der Waals surface area contributed by atoms with Gasteiger partial charge in [-0.25, -0.2) is 0 Å². The summed E-state index contributed by atoms with van der Waals surface area (Å²) in [6.45, 7) is 5.48. The smallest absolute Gasteiger partial charge is 0.295 e. The summed E-state index contributed by atoms with van der Waals surface area (Å²) in [6.07, 6.45) is -2.18. The van der Waals surface area contributed by atoms with Gasteiger partial charge in [0, 0.05) is 0 Å². The van der Waals surface area contributed by atoms with E-state index < -0.39 is 18.1 Å². The number of hydrogen-bond acceptors (Lipinski definition) is 2. The van der Waals surface area contributed by atoms with Gasteiger partial charge in [-0.15, -0.1) is 0 Å². The lowest BCUT2D eigenvalue weighted by molar-refractivity contribution is -0.146. The summed E-state index contributed by atoms with van der Waals surface area (Å²) in [6, 6.07) is 2.15. The molecule has 2 nitrogen and oxygen atoms in total. The number of nitrogens with zero attached hydrogens (tertiary/aromatic N) is 2. The van der Waals surface area contributed by atoms with E-state index in [0.717, 1.165) is 0 Å². The molecule has 0 aliphatic carbocycles. The summed E-state index contributed by atoms with van der Waals surface area (Å²) in [5.74, 6) is 0. The van der Waals surface area contributed by atoms with Crippen LogP contribution in [0.3, 0.4) is 0 Å². The molecule has 0 aromatic heterocycles. The van der Waals surface area contributed by atoms with Crippen molar-refractivity contribution >= 4 is 0 Å². The van der Waals surface area contributed by atoms with Crippen LogP contribution in [0, 0.1) is 16.7 Å². The first-order valence-electron chi connectivity index (χ1n) is 5.90. The van der Waals surface area contributed by atoms with E-state index in [1.807, 2.05) is 6.92 Å². The highest BCUT2D eigenvalue weighted by molar-refractivity contribution is 4.91. The van der Waals surface area contributed by atoms with Crippen molar-refractivity contribution in [3.63, 3.8) is 0 Å². The summed E-state index contributed by atoms with van der Waals surface area (Å²) in [4.78, 5) is 1.41. The molecule has 0 fully saturated rings. The van der Waals surface area contributed by atoms with Gasteiger partial charge in [0.2, 0.25) is 0 Å². The van der Waals surface area contributed by atoms with Crippen LogP contribution in [0.4, 0.5) is 13.2 Å². The van der Waals surface area contributed by atoms with Gasteiger partial charge in [0.05, 0.1) is 18.0 Å². The van der Waals surface area contributed by atoms with Gasteiger partial charge >= 0.3 is 6.18 Å². The molecule has 0 bridgehead atoms. The summed E-state index contributed by atoms with van der Waals surface area (Å²) in [5.41, 5.74) is -0.448. The number of hydrogen-bond donors (Lipinski definition) is 0. The van der Waals surface area contributed by atoms with Crippen LogP contribution in [0.25, 0.3) is 0 Å². The van der Waals surface area contributed by atoms with E-state index in [4.69, 9.17) is 5.26 Å². The average Bonchev–Trinajstić information content (AvgIpc) is 2.15. The minimum absolute atomic E-state index is 0.401. The van der Waals surface area contributed by atoms with E-state index in [-0.39, 0.29) is 0 Å². The van der Waals surface area contributed by atoms with Crippen molar-refractivity contribution in [2.24, 2.45) is 5.41 Å². The fourth-order valence-electron chi connectivity index (χ4n) is 1.64.